The lowest BCUT2D eigenvalue weighted by Gasteiger charge is -2.18. The van der Waals surface area contributed by atoms with Crippen molar-refractivity contribution in [3.63, 3.8) is 0 Å². The molecule has 0 saturated heterocycles. The number of carbonyl (C=O) groups is 1. The van der Waals surface area contributed by atoms with Crippen molar-refractivity contribution >= 4 is 11.5 Å². The number of carboxylic acids is 1. The minimum Gasteiger partial charge on any atom is -0.489 e. The zero-order valence-corrected chi connectivity index (χ0v) is 17.4. The second kappa shape index (κ2) is 8.73. The van der Waals surface area contributed by atoms with Crippen molar-refractivity contribution in [2.45, 2.75) is 51.4 Å². The fraction of sp³-hybridized carbons (Fsp3) is 0.375. The van der Waals surface area contributed by atoms with Crippen LogP contribution in [0.2, 0.25) is 0 Å². The minimum absolute atomic E-state index is 0.0384. The quantitative estimate of drug-likeness (QED) is 0.488. The van der Waals surface area contributed by atoms with Crippen molar-refractivity contribution in [2.75, 3.05) is 6.61 Å². The average Bonchev–Trinajstić information content (AvgIpc) is 2.99. The van der Waals surface area contributed by atoms with E-state index < -0.39 is 24.2 Å². The Morgan fingerprint density at radius 1 is 1.13 bits per heavy atom. The number of hydrogen-bond donors (Lipinski definition) is 1. The molecule has 0 aromatic heterocycles. The highest BCUT2D eigenvalue weighted by molar-refractivity contribution is 5.72. The first-order valence-electron chi connectivity index (χ1n) is 9.96. The summed E-state index contributed by atoms with van der Waals surface area (Å²) >= 11 is 0. The summed E-state index contributed by atoms with van der Waals surface area (Å²) < 4.78 is 62.0. The van der Waals surface area contributed by atoms with E-state index in [0.29, 0.717) is 16.7 Å². The summed E-state index contributed by atoms with van der Waals surface area (Å²) in [6.45, 7) is 2.50. The highest BCUT2D eigenvalue weighted by Gasteiger charge is 2.39. The lowest BCUT2D eigenvalue weighted by Crippen LogP contribution is -2.13. The standard InChI is InChI=1S/C24H24F4O3/c1-15-3-5-16(6-4-15)20-13-24(27,28)12-18(20)14-31-19-9-7-17(8-10-22(29)30)21(11-19)23(2,25)26/h3-7,9,11H,8,10,12-14H2,1-2H3,(H,29,30). The monoisotopic (exact) mass is 436 g/mol. The molecule has 1 aliphatic carbocycles. The maximum absolute atomic E-state index is 14.1. The molecule has 0 fully saturated rings. The molecule has 0 spiro atoms. The molecule has 0 saturated carbocycles. The molecule has 1 N–H and O–H groups in total. The number of hydrogen-bond acceptors (Lipinski definition) is 2. The normalized spacial score (nSPS) is 15.9. The van der Waals surface area contributed by atoms with Crippen molar-refractivity contribution in [3.05, 3.63) is 70.3 Å². The van der Waals surface area contributed by atoms with Gasteiger partial charge in [0.25, 0.3) is 11.8 Å². The maximum Gasteiger partial charge on any atom is 0.303 e. The van der Waals surface area contributed by atoms with Crippen LogP contribution in [0.1, 0.15) is 48.4 Å². The molecule has 31 heavy (non-hydrogen) atoms. The van der Waals surface area contributed by atoms with Crippen molar-refractivity contribution in [3.8, 4) is 5.75 Å². The molecule has 0 aliphatic heterocycles. The van der Waals surface area contributed by atoms with Gasteiger partial charge in [-0.2, -0.15) is 0 Å². The van der Waals surface area contributed by atoms with E-state index in [4.69, 9.17) is 9.84 Å². The van der Waals surface area contributed by atoms with Crippen LogP contribution in [-0.2, 0) is 17.1 Å². The SMILES string of the molecule is Cc1ccc(C2=C(COc3ccc(CCC(=O)O)c(C(C)(F)F)c3)CC(F)(F)C2)cc1. The first kappa shape index (κ1) is 22.8. The van der Waals surface area contributed by atoms with Gasteiger partial charge in [0, 0.05) is 31.7 Å². The summed E-state index contributed by atoms with van der Waals surface area (Å²) in [6.07, 6.45) is -1.14. The van der Waals surface area contributed by atoms with Gasteiger partial charge in [0.1, 0.15) is 12.4 Å². The van der Waals surface area contributed by atoms with Crippen LogP contribution < -0.4 is 4.74 Å². The van der Waals surface area contributed by atoms with Crippen LogP contribution in [0.4, 0.5) is 17.6 Å². The molecular formula is C24H24F4O3. The number of aliphatic carboxylic acids is 1. The van der Waals surface area contributed by atoms with Crippen LogP contribution in [0.25, 0.3) is 5.57 Å². The number of ether oxygens (including phenoxy) is 1. The van der Waals surface area contributed by atoms with E-state index in [1.807, 2.05) is 19.1 Å². The topological polar surface area (TPSA) is 46.5 Å². The van der Waals surface area contributed by atoms with Crippen LogP contribution in [0.3, 0.4) is 0 Å². The van der Waals surface area contributed by atoms with Crippen LogP contribution in [-0.4, -0.2) is 23.6 Å². The molecule has 0 amide bonds. The van der Waals surface area contributed by atoms with E-state index in [9.17, 15) is 22.4 Å². The molecule has 7 heteroatoms. The van der Waals surface area contributed by atoms with E-state index in [2.05, 4.69) is 0 Å². The van der Waals surface area contributed by atoms with Gasteiger partial charge < -0.3 is 9.84 Å². The number of rotatable bonds is 8. The molecule has 0 atom stereocenters. The third-order valence-corrected chi connectivity index (χ3v) is 5.31. The lowest BCUT2D eigenvalue weighted by molar-refractivity contribution is -0.137. The van der Waals surface area contributed by atoms with Gasteiger partial charge in [0.2, 0.25) is 0 Å². The number of aryl methyl sites for hydroxylation is 2. The predicted molar refractivity (Wildman–Crippen MR) is 110 cm³/mol. The molecule has 166 valence electrons. The number of halogens is 4. The average molecular weight is 436 g/mol. The van der Waals surface area contributed by atoms with Gasteiger partial charge in [0.15, 0.2) is 0 Å². The van der Waals surface area contributed by atoms with Crippen molar-refractivity contribution in [1.29, 1.82) is 0 Å². The molecule has 2 aromatic rings. The smallest absolute Gasteiger partial charge is 0.303 e. The highest BCUT2D eigenvalue weighted by atomic mass is 19.3. The molecule has 0 bridgehead atoms. The Balaban J connectivity index is 1.83. The summed E-state index contributed by atoms with van der Waals surface area (Å²) in [6, 6.07) is 11.3. The van der Waals surface area contributed by atoms with Gasteiger partial charge in [-0.05, 0) is 47.8 Å². The minimum atomic E-state index is -3.19. The lowest BCUT2D eigenvalue weighted by atomic mass is 9.98. The molecular weight excluding hydrogens is 412 g/mol. The molecule has 0 unspecified atom stereocenters. The molecule has 0 radical (unpaired) electrons. The highest BCUT2D eigenvalue weighted by Crippen LogP contribution is 2.44. The summed E-state index contributed by atoms with van der Waals surface area (Å²) in [5.74, 6) is -7.02. The number of allylic oxidation sites excluding steroid dienone is 1. The molecule has 3 nitrogen and oxygen atoms in total. The van der Waals surface area contributed by atoms with Crippen LogP contribution in [0.5, 0.6) is 5.75 Å². The van der Waals surface area contributed by atoms with E-state index in [0.717, 1.165) is 18.6 Å². The van der Waals surface area contributed by atoms with E-state index in [1.54, 1.807) is 12.1 Å². The van der Waals surface area contributed by atoms with Gasteiger partial charge in [-0.25, -0.2) is 17.6 Å². The van der Waals surface area contributed by atoms with E-state index in [1.165, 1.54) is 12.1 Å². The number of benzene rings is 2. The van der Waals surface area contributed by atoms with E-state index in [-0.39, 0.29) is 42.7 Å². The summed E-state index contributed by atoms with van der Waals surface area (Å²) in [5.41, 5.74) is 2.57. The molecule has 0 heterocycles. The first-order valence-corrected chi connectivity index (χ1v) is 9.96. The van der Waals surface area contributed by atoms with Crippen molar-refractivity contribution < 1.29 is 32.2 Å². The second-order valence-corrected chi connectivity index (χ2v) is 8.05. The summed E-state index contributed by atoms with van der Waals surface area (Å²) in [4.78, 5) is 10.8. The van der Waals surface area contributed by atoms with Gasteiger partial charge >= 0.3 is 5.97 Å². The number of carboxylic acid groups (broad SMARTS) is 1. The Hall–Kier alpha value is -2.83. The fourth-order valence-corrected chi connectivity index (χ4v) is 3.75. The van der Waals surface area contributed by atoms with Gasteiger partial charge in [0.05, 0.1) is 0 Å². The van der Waals surface area contributed by atoms with Crippen molar-refractivity contribution in [1.82, 2.24) is 0 Å². The fourth-order valence-electron chi connectivity index (χ4n) is 3.75. The predicted octanol–water partition coefficient (Wildman–Crippen LogP) is 6.39. The van der Waals surface area contributed by atoms with Gasteiger partial charge in [-0.3, -0.25) is 4.79 Å². The summed E-state index contributed by atoms with van der Waals surface area (Å²) in [5, 5.41) is 8.83. The number of alkyl halides is 4. The first-order chi connectivity index (χ1) is 14.4. The Bertz CT molecular complexity index is 989. The largest absolute Gasteiger partial charge is 0.489 e. The maximum atomic E-state index is 14.1. The Morgan fingerprint density at radius 3 is 2.42 bits per heavy atom. The van der Waals surface area contributed by atoms with Gasteiger partial charge in [-0.1, -0.05) is 35.9 Å². The second-order valence-electron chi connectivity index (χ2n) is 8.05. The van der Waals surface area contributed by atoms with Crippen LogP contribution >= 0.6 is 0 Å². The Kier molecular flexibility index (Phi) is 6.43. The van der Waals surface area contributed by atoms with Crippen LogP contribution in [0, 0.1) is 6.92 Å². The Morgan fingerprint density at radius 2 is 1.81 bits per heavy atom. The Labute approximate surface area is 178 Å². The molecule has 3 rings (SSSR count). The zero-order valence-electron chi connectivity index (χ0n) is 17.4. The van der Waals surface area contributed by atoms with Gasteiger partial charge in [-0.15, -0.1) is 0 Å². The van der Waals surface area contributed by atoms with Crippen LogP contribution in [0.15, 0.2) is 48.0 Å². The van der Waals surface area contributed by atoms with E-state index >= 15 is 0 Å². The van der Waals surface area contributed by atoms with Crippen molar-refractivity contribution in [2.24, 2.45) is 0 Å². The molecule has 2 aromatic carbocycles. The zero-order chi connectivity index (χ0) is 22.8. The third kappa shape index (κ3) is 5.87. The third-order valence-electron chi connectivity index (χ3n) is 5.31. The summed E-state index contributed by atoms with van der Waals surface area (Å²) in [7, 11) is 0. The molecule has 1 aliphatic rings.